The summed E-state index contributed by atoms with van der Waals surface area (Å²) in [5, 5.41) is 8.96. The van der Waals surface area contributed by atoms with Crippen molar-refractivity contribution in [2.75, 3.05) is 0 Å². The normalized spacial score (nSPS) is 9.00. The molecule has 0 bridgehead atoms. The molecule has 0 aliphatic carbocycles. The fourth-order valence-electron chi connectivity index (χ4n) is 0.402. The van der Waals surface area contributed by atoms with Crippen molar-refractivity contribution in [1.29, 1.82) is 5.26 Å². The molecule has 0 unspecified atom stereocenters. The lowest BCUT2D eigenvalue weighted by molar-refractivity contribution is 1.52. The molecule has 4 heteroatoms. The van der Waals surface area contributed by atoms with Crippen LogP contribution in [0.3, 0.4) is 0 Å². The molecule has 46 valence electrons. The zero-order valence-corrected chi connectivity index (χ0v) is 7.35. The van der Waals surface area contributed by atoms with Crippen molar-refractivity contribution in [3.8, 4) is 6.07 Å². The summed E-state index contributed by atoms with van der Waals surface area (Å²) in [5.74, 6) is 0. The van der Waals surface area contributed by atoms with Crippen molar-refractivity contribution >= 4 is 38.9 Å². The maximum atomic E-state index is 8.36. The number of thiophene rings is 1. The zero-order chi connectivity index (χ0) is 6.85. The minimum absolute atomic E-state index is 0.608. The zero-order valence-electron chi connectivity index (χ0n) is 4.19. The highest BCUT2D eigenvalue weighted by atomic mass is 79.9. The van der Waals surface area contributed by atoms with Gasteiger partial charge in [0.25, 0.3) is 0 Å². The summed E-state index contributed by atoms with van der Waals surface area (Å²) in [7, 11) is 0. The molecule has 0 fully saturated rings. The summed E-state index contributed by atoms with van der Waals surface area (Å²) >= 11 is 10.2. The van der Waals surface area contributed by atoms with Gasteiger partial charge < -0.3 is 0 Å². The van der Waals surface area contributed by atoms with Crippen LogP contribution in [-0.2, 0) is 0 Å². The second-order valence-corrected chi connectivity index (χ2v) is 4.12. The van der Waals surface area contributed by atoms with Crippen LogP contribution in [0.5, 0.6) is 0 Å². The summed E-state index contributed by atoms with van der Waals surface area (Å²) in [6.45, 7) is 0. The maximum Gasteiger partial charge on any atom is 0.110 e. The van der Waals surface area contributed by atoms with Gasteiger partial charge in [0.2, 0.25) is 0 Å². The average Bonchev–Trinajstić information content (AvgIpc) is 2.13. The summed E-state index contributed by atoms with van der Waals surface area (Å²) < 4.78 is 0.820. The third-order valence-electron chi connectivity index (χ3n) is 0.755. The van der Waals surface area contributed by atoms with Crippen molar-refractivity contribution in [2.45, 2.75) is 0 Å². The van der Waals surface area contributed by atoms with E-state index in [2.05, 4.69) is 15.9 Å². The molecule has 0 atom stereocenters. The van der Waals surface area contributed by atoms with Crippen molar-refractivity contribution in [3.63, 3.8) is 0 Å². The summed E-state index contributed by atoms with van der Waals surface area (Å²) in [6, 6.07) is 3.63. The van der Waals surface area contributed by atoms with E-state index < -0.39 is 0 Å². The van der Waals surface area contributed by atoms with Crippen LogP contribution in [0.25, 0.3) is 0 Å². The van der Waals surface area contributed by atoms with Gasteiger partial charge in [-0.1, -0.05) is 11.6 Å². The maximum absolute atomic E-state index is 8.36. The molecular formula is C5HBrClNS. The Labute approximate surface area is 70.0 Å². The molecule has 1 aromatic heterocycles. The van der Waals surface area contributed by atoms with E-state index in [0.29, 0.717) is 9.90 Å². The molecule has 0 spiro atoms. The number of rotatable bonds is 0. The number of hydrogen-bond donors (Lipinski definition) is 0. The SMILES string of the molecule is N#Cc1cc(Cl)c(Br)s1. The molecule has 0 aliphatic heterocycles. The number of hydrogen-bond acceptors (Lipinski definition) is 2. The van der Waals surface area contributed by atoms with Gasteiger partial charge in [-0.25, -0.2) is 0 Å². The van der Waals surface area contributed by atoms with Gasteiger partial charge in [0.1, 0.15) is 10.9 Å². The third-order valence-corrected chi connectivity index (χ3v) is 3.13. The van der Waals surface area contributed by atoms with Gasteiger partial charge in [-0.2, -0.15) is 5.26 Å². The van der Waals surface area contributed by atoms with Gasteiger partial charge in [0.15, 0.2) is 0 Å². The molecule has 0 saturated carbocycles. The van der Waals surface area contributed by atoms with E-state index in [-0.39, 0.29) is 0 Å². The Bertz CT molecular complexity index is 243. The molecule has 9 heavy (non-hydrogen) atoms. The van der Waals surface area contributed by atoms with Crippen molar-refractivity contribution in [2.24, 2.45) is 0 Å². The van der Waals surface area contributed by atoms with Crippen LogP contribution in [0.2, 0.25) is 5.02 Å². The predicted octanol–water partition coefficient (Wildman–Crippen LogP) is 3.04. The Hall–Kier alpha value is -0.0400. The van der Waals surface area contributed by atoms with Gasteiger partial charge in [0, 0.05) is 0 Å². The van der Waals surface area contributed by atoms with Crippen LogP contribution in [0.4, 0.5) is 0 Å². The molecule has 0 aromatic carbocycles. The first-order valence-electron chi connectivity index (χ1n) is 2.09. The molecule has 0 amide bonds. The highest BCUT2D eigenvalue weighted by Crippen LogP contribution is 2.31. The summed E-state index contributed by atoms with van der Waals surface area (Å²) in [4.78, 5) is 0.631. The van der Waals surface area contributed by atoms with Gasteiger partial charge in [-0.15, -0.1) is 11.3 Å². The third kappa shape index (κ3) is 1.45. The molecule has 1 rings (SSSR count). The number of nitrogens with zero attached hydrogens (tertiary/aromatic N) is 1. The van der Waals surface area contributed by atoms with Crippen LogP contribution in [-0.4, -0.2) is 0 Å². The van der Waals surface area contributed by atoms with E-state index in [9.17, 15) is 0 Å². The first kappa shape index (κ1) is 7.07. The lowest BCUT2D eigenvalue weighted by Crippen LogP contribution is -1.52. The Morgan fingerprint density at radius 2 is 2.44 bits per heavy atom. The smallest absolute Gasteiger partial charge is 0.110 e. The quantitative estimate of drug-likeness (QED) is 0.662. The van der Waals surface area contributed by atoms with E-state index in [4.69, 9.17) is 16.9 Å². The predicted molar refractivity (Wildman–Crippen MR) is 41.7 cm³/mol. The first-order valence-corrected chi connectivity index (χ1v) is 4.07. The average molecular weight is 222 g/mol. The van der Waals surface area contributed by atoms with Crippen molar-refractivity contribution in [3.05, 3.63) is 19.8 Å². The topological polar surface area (TPSA) is 23.8 Å². The van der Waals surface area contributed by atoms with Crippen molar-refractivity contribution in [1.82, 2.24) is 0 Å². The van der Waals surface area contributed by atoms with Crippen molar-refractivity contribution < 1.29 is 0 Å². The molecule has 0 saturated heterocycles. The van der Waals surface area contributed by atoms with Crippen LogP contribution < -0.4 is 0 Å². The van der Waals surface area contributed by atoms with Crippen LogP contribution >= 0.6 is 38.9 Å². The molecule has 1 heterocycles. The minimum Gasteiger partial charge on any atom is -0.192 e. The van der Waals surface area contributed by atoms with E-state index in [1.165, 1.54) is 11.3 Å². The second-order valence-electron chi connectivity index (χ2n) is 1.34. The van der Waals surface area contributed by atoms with Crippen LogP contribution in [0, 0.1) is 11.3 Å². The Morgan fingerprint density at radius 3 is 2.67 bits per heavy atom. The van der Waals surface area contributed by atoms with E-state index in [1.54, 1.807) is 6.07 Å². The molecule has 1 nitrogen and oxygen atoms in total. The lowest BCUT2D eigenvalue weighted by atomic mass is 10.5. The van der Waals surface area contributed by atoms with Gasteiger partial charge in [-0.3, -0.25) is 0 Å². The summed E-state index contributed by atoms with van der Waals surface area (Å²) in [6.07, 6.45) is 0. The Kier molecular flexibility index (Phi) is 2.12. The fraction of sp³-hybridized carbons (Fsp3) is 0. The largest absolute Gasteiger partial charge is 0.192 e. The lowest BCUT2D eigenvalue weighted by Gasteiger charge is -1.73. The number of halogens is 2. The minimum atomic E-state index is 0.608. The van der Waals surface area contributed by atoms with Gasteiger partial charge in [0.05, 0.1) is 8.81 Å². The van der Waals surface area contributed by atoms with E-state index in [1.807, 2.05) is 6.07 Å². The standard InChI is InChI=1S/C5HBrClNS/c6-5-4(7)1-3(2-8)9-5/h1H. The molecule has 0 aliphatic rings. The first-order chi connectivity index (χ1) is 4.24. The van der Waals surface area contributed by atoms with Crippen LogP contribution in [0.1, 0.15) is 4.88 Å². The highest BCUT2D eigenvalue weighted by molar-refractivity contribution is 9.11. The Morgan fingerprint density at radius 1 is 1.78 bits per heavy atom. The molecule has 0 N–H and O–H groups in total. The van der Waals surface area contributed by atoms with E-state index in [0.717, 1.165) is 3.79 Å². The van der Waals surface area contributed by atoms with Gasteiger partial charge in [-0.05, 0) is 22.0 Å². The van der Waals surface area contributed by atoms with Crippen LogP contribution in [0.15, 0.2) is 9.85 Å². The molecular weight excluding hydrogens is 221 g/mol. The highest BCUT2D eigenvalue weighted by Gasteiger charge is 2.01. The second kappa shape index (κ2) is 2.70. The Balaban J connectivity index is 3.16. The van der Waals surface area contributed by atoms with Gasteiger partial charge >= 0.3 is 0 Å². The monoisotopic (exact) mass is 221 g/mol. The molecule has 0 radical (unpaired) electrons. The molecule has 1 aromatic rings. The summed E-state index contributed by atoms with van der Waals surface area (Å²) in [5.41, 5.74) is 0. The fourth-order valence-corrected chi connectivity index (χ4v) is 1.90. The number of nitriles is 1. The van der Waals surface area contributed by atoms with E-state index >= 15 is 0 Å².